The largest absolute Gasteiger partial charge is 0.573 e. The van der Waals surface area contributed by atoms with Crippen molar-refractivity contribution in [1.82, 2.24) is 14.5 Å². The summed E-state index contributed by atoms with van der Waals surface area (Å²) in [5.74, 6) is -0.592. The lowest BCUT2D eigenvalue weighted by Gasteiger charge is -2.36. The quantitative estimate of drug-likeness (QED) is 0.334. The average Bonchev–Trinajstić information content (AvgIpc) is 3.19. The van der Waals surface area contributed by atoms with E-state index in [1.807, 2.05) is 4.90 Å². The highest BCUT2D eigenvalue weighted by Gasteiger charge is 2.33. The maximum Gasteiger partial charge on any atom is 0.573 e. The number of ether oxygens (including phenoxy) is 1. The molecule has 0 bridgehead atoms. The van der Waals surface area contributed by atoms with Crippen molar-refractivity contribution in [3.05, 3.63) is 77.7 Å². The molecule has 4 aromatic rings. The summed E-state index contributed by atoms with van der Waals surface area (Å²) in [6.07, 6.45) is -8.00. The predicted octanol–water partition coefficient (Wildman–Crippen LogP) is 4.83. The lowest BCUT2D eigenvalue weighted by Crippen LogP contribution is -2.51. The van der Waals surface area contributed by atoms with Crippen LogP contribution in [0.25, 0.3) is 11.0 Å². The highest BCUT2D eigenvalue weighted by atomic mass is 19.4. The van der Waals surface area contributed by atoms with E-state index >= 15 is 0 Å². The van der Waals surface area contributed by atoms with Crippen LogP contribution in [-0.2, 0) is 12.7 Å². The number of carbonyl (C=O) groups excluding carboxylic acids is 1. The minimum absolute atomic E-state index is 0.0162. The number of benzene rings is 1. The van der Waals surface area contributed by atoms with Crippen molar-refractivity contribution in [3.8, 4) is 5.75 Å². The van der Waals surface area contributed by atoms with Crippen LogP contribution in [0.2, 0.25) is 0 Å². The molecule has 5 rings (SSSR count). The van der Waals surface area contributed by atoms with Crippen molar-refractivity contribution in [2.75, 3.05) is 23.3 Å². The average molecular weight is 551 g/mol. The Morgan fingerprint density at radius 1 is 1.03 bits per heavy atom. The highest BCUT2D eigenvalue weighted by molar-refractivity contribution is 6.06. The smallest absolute Gasteiger partial charge is 0.406 e. The number of hydrogen-bond donors (Lipinski definition) is 2. The fourth-order valence-electron chi connectivity index (χ4n) is 4.16. The Labute approximate surface area is 216 Å². The molecule has 0 radical (unpaired) electrons. The molecule has 1 aromatic carbocycles. The number of amides is 1. The number of fused-ring (bicyclic) bond motifs is 1. The third-order valence-corrected chi connectivity index (χ3v) is 5.96. The molecule has 204 valence electrons. The summed E-state index contributed by atoms with van der Waals surface area (Å²) >= 11 is 0. The van der Waals surface area contributed by atoms with Crippen LogP contribution in [0.1, 0.15) is 21.6 Å². The van der Waals surface area contributed by atoms with Crippen LogP contribution in [0.5, 0.6) is 5.75 Å². The summed E-state index contributed by atoms with van der Waals surface area (Å²) in [6, 6.07) is 10.3. The number of aromatic nitrogens is 3. The SMILES string of the molecule is O=C(Nc1ccc(N2CC(O)C2)nc1)c1cc2cc(C(F)(F)F)cnc2n1Cc1cccc(OC(F)(F)F)c1. The minimum Gasteiger partial charge on any atom is -0.406 e. The van der Waals surface area contributed by atoms with E-state index in [9.17, 15) is 36.2 Å². The summed E-state index contributed by atoms with van der Waals surface area (Å²) in [6.45, 7) is 0.677. The van der Waals surface area contributed by atoms with Gasteiger partial charge >= 0.3 is 12.5 Å². The number of hydrogen-bond acceptors (Lipinski definition) is 6. The topological polar surface area (TPSA) is 92.5 Å². The predicted molar refractivity (Wildman–Crippen MR) is 127 cm³/mol. The van der Waals surface area contributed by atoms with Gasteiger partial charge in [0.05, 0.1) is 23.6 Å². The van der Waals surface area contributed by atoms with Gasteiger partial charge in [0.15, 0.2) is 0 Å². The van der Waals surface area contributed by atoms with Gasteiger partial charge in [-0.25, -0.2) is 9.97 Å². The van der Waals surface area contributed by atoms with Gasteiger partial charge in [0.25, 0.3) is 5.91 Å². The van der Waals surface area contributed by atoms with Crippen LogP contribution in [0.15, 0.2) is 60.9 Å². The monoisotopic (exact) mass is 551 g/mol. The second-order valence-electron chi connectivity index (χ2n) is 8.86. The second-order valence-corrected chi connectivity index (χ2v) is 8.86. The molecule has 1 saturated heterocycles. The third kappa shape index (κ3) is 5.90. The minimum atomic E-state index is -4.92. The normalized spacial score (nSPS) is 14.4. The molecule has 0 spiro atoms. The third-order valence-electron chi connectivity index (χ3n) is 5.96. The van der Waals surface area contributed by atoms with Crippen LogP contribution in [0.4, 0.5) is 37.8 Å². The highest BCUT2D eigenvalue weighted by Crippen LogP contribution is 2.32. The molecule has 0 unspecified atom stereocenters. The van der Waals surface area contributed by atoms with Crippen LogP contribution in [0.3, 0.4) is 0 Å². The first-order valence-corrected chi connectivity index (χ1v) is 11.5. The molecule has 2 N–H and O–H groups in total. The van der Waals surface area contributed by atoms with Gasteiger partial charge < -0.3 is 24.6 Å². The zero-order valence-corrected chi connectivity index (χ0v) is 19.8. The number of β-amino-alcohol motifs (C(OH)–C–C–N with tert-alkyl or cyclic N) is 1. The van der Waals surface area contributed by atoms with E-state index in [2.05, 4.69) is 20.0 Å². The van der Waals surface area contributed by atoms with Crippen molar-refractivity contribution in [3.63, 3.8) is 0 Å². The molecule has 3 aromatic heterocycles. The number of alkyl halides is 6. The number of halogens is 6. The Morgan fingerprint density at radius 2 is 1.79 bits per heavy atom. The molecule has 0 saturated carbocycles. The lowest BCUT2D eigenvalue weighted by atomic mass is 10.2. The van der Waals surface area contributed by atoms with Gasteiger partial charge in [-0.3, -0.25) is 4.79 Å². The zero-order valence-electron chi connectivity index (χ0n) is 19.8. The van der Waals surface area contributed by atoms with Crippen LogP contribution in [0, 0.1) is 0 Å². The van der Waals surface area contributed by atoms with Gasteiger partial charge in [-0.05, 0) is 42.0 Å². The van der Waals surface area contributed by atoms with Gasteiger partial charge in [0.2, 0.25) is 0 Å². The molecule has 1 aliphatic rings. The fraction of sp³-hybridized carbons (Fsp3) is 0.240. The lowest BCUT2D eigenvalue weighted by molar-refractivity contribution is -0.274. The van der Waals surface area contributed by atoms with Crippen LogP contribution >= 0.6 is 0 Å². The van der Waals surface area contributed by atoms with Crippen molar-refractivity contribution < 1.29 is 41.0 Å². The maximum absolute atomic E-state index is 13.3. The summed E-state index contributed by atoms with van der Waals surface area (Å²) in [5, 5.41) is 12.1. The van der Waals surface area contributed by atoms with E-state index in [1.54, 1.807) is 12.1 Å². The first-order valence-electron chi connectivity index (χ1n) is 11.5. The summed E-state index contributed by atoms with van der Waals surface area (Å²) in [7, 11) is 0. The Kier molecular flexibility index (Phi) is 6.58. The van der Waals surface area contributed by atoms with Gasteiger partial charge in [-0.2, -0.15) is 13.2 Å². The summed E-state index contributed by atoms with van der Waals surface area (Å²) in [5.41, 5.74) is -0.483. The first-order chi connectivity index (χ1) is 18.4. The number of pyridine rings is 2. The van der Waals surface area contributed by atoms with Gasteiger partial charge in [-0.15, -0.1) is 13.2 Å². The van der Waals surface area contributed by atoms with Crippen LogP contribution < -0.4 is 15.0 Å². The molecule has 14 heteroatoms. The van der Waals surface area contributed by atoms with E-state index in [0.29, 0.717) is 30.8 Å². The number of anilines is 2. The Morgan fingerprint density at radius 3 is 2.44 bits per heavy atom. The number of aliphatic hydroxyl groups excluding tert-OH is 1. The molecule has 1 fully saturated rings. The molecule has 1 aliphatic heterocycles. The van der Waals surface area contributed by atoms with Gasteiger partial charge in [0, 0.05) is 31.2 Å². The number of rotatable bonds is 6. The Hall–Kier alpha value is -4.33. The fourth-order valence-corrected chi connectivity index (χ4v) is 4.16. The van der Waals surface area contributed by atoms with Crippen molar-refractivity contribution in [2.24, 2.45) is 0 Å². The molecule has 0 aliphatic carbocycles. The Bertz CT molecular complexity index is 1510. The number of nitrogens with one attached hydrogen (secondary N) is 1. The van der Waals surface area contributed by atoms with Gasteiger partial charge in [0.1, 0.15) is 22.9 Å². The standard InChI is InChI=1S/C25H19F6N5O3/c26-24(27,28)16-7-15-8-20(23(38)34-17-4-5-21(32-10-17)35-12-18(37)13-35)36(22(15)33-9-16)11-14-2-1-3-19(6-14)39-25(29,30)31/h1-10,18,37H,11-13H2,(H,34,38). The van der Waals surface area contributed by atoms with Gasteiger partial charge in [-0.1, -0.05) is 12.1 Å². The molecule has 0 atom stereocenters. The van der Waals surface area contributed by atoms with Crippen molar-refractivity contribution in [1.29, 1.82) is 0 Å². The van der Waals surface area contributed by atoms with Crippen molar-refractivity contribution >= 4 is 28.4 Å². The second kappa shape index (κ2) is 9.76. The number of aliphatic hydroxyl groups is 1. The first kappa shape index (κ1) is 26.3. The van der Waals surface area contributed by atoms with E-state index < -0.39 is 35.9 Å². The summed E-state index contributed by atoms with van der Waals surface area (Å²) < 4.78 is 83.1. The van der Waals surface area contributed by atoms with E-state index in [-0.39, 0.29) is 28.8 Å². The molecule has 4 heterocycles. The van der Waals surface area contributed by atoms with Crippen LogP contribution in [-0.4, -0.2) is 51.1 Å². The molecule has 1 amide bonds. The van der Waals surface area contributed by atoms with E-state index in [1.165, 1.54) is 29.0 Å². The molecular formula is C25H19F6N5O3. The Balaban J connectivity index is 1.47. The maximum atomic E-state index is 13.3. The molecular weight excluding hydrogens is 532 g/mol. The van der Waals surface area contributed by atoms with E-state index in [4.69, 9.17) is 0 Å². The zero-order chi connectivity index (χ0) is 27.9. The van der Waals surface area contributed by atoms with Crippen molar-refractivity contribution in [2.45, 2.75) is 25.2 Å². The molecule has 39 heavy (non-hydrogen) atoms. The summed E-state index contributed by atoms with van der Waals surface area (Å²) in [4.78, 5) is 23.2. The number of nitrogens with zero attached hydrogens (tertiary/aromatic N) is 4. The van der Waals surface area contributed by atoms with E-state index in [0.717, 1.165) is 18.2 Å². The molecule has 8 nitrogen and oxygen atoms in total. The number of carbonyl (C=O) groups is 1.